The summed E-state index contributed by atoms with van der Waals surface area (Å²) in [6.07, 6.45) is 3.62. The van der Waals surface area contributed by atoms with E-state index in [1.54, 1.807) is 24.3 Å². The van der Waals surface area contributed by atoms with Crippen LogP contribution in [0.25, 0.3) is 44.1 Å². The molecule has 0 aliphatic heterocycles. The van der Waals surface area contributed by atoms with Crippen LogP contribution in [0.15, 0.2) is 131 Å². The molecular weight excluding hydrogens is 452 g/mol. The number of hydrogen-bond donors (Lipinski definition) is 0. The van der Waals surface area contributed by atoms with Crippen LogP contribution in [-0.4, -0.2) is 18.4 Å². The Morgan fingerprint density at radius 1 is 0.457 bits per heavy atom. The van der Waals surface area contributed by atoms with E-state index in [1.807, 2.05) is 85.2 Å². The van der Waals surface area contributed by atoms with Crippen molar-refractivity contribution in [3.8, 4) is 22.3 Å². The number of sulfone groups is 1. The third kappa shape index (κ3) is 3.96. The predicted molar refractivity (Wildman–Crippen MR) is 140 cm³/mol. The van der Waals surface area contributed by atoms with Crippen LogP contribution in [0, 0.1) is 0 Å². The number of fused-ring (bicyclic) bond motifs is 2. The molecule has 0 fully saturated rings. The molecule has 0 amide bonds. The van der Waals surface area contributed by atoms with Crippen molar-refractivity contribution in [2.75, 3.05) is 0 Å². The zero-order chi connectivity index (χ0) is 23.8. The number of para-hydroxylation sites is 2. The average Bonchev–Trinajstić information content (AvgIpc) is 2.92. The van der Waals surface area contributed by atoms with Crippen molar-refractivity contribution >= 4 is 31.6 Å². The molecule has 0 bridgehead atoms. The molecule has 4 aromatic carbocycles. The van der Waals surface area contributed by atoms with Gasteiger partial charge in [-0.2, -0.15) is 0 Å². The van der Waals surface area contributed by atoms with Gasteiger partial charge in [0.15, 0.2) is 0 Å². The summed E-state index contributed by atoms with van der Waals surface area (Å²) in [5.41, 5.74) is 5.58. The van der Waals surface area contributed by atoms with Gasteiger partial charge in [0.25, 0.3) is 0 Å². The van der Waals surface area contributed by atoms with Crippen molar-refractivity contribution in [1.29, 1.82) is 0 Å². The zero-order valence-corrected chi connectivity index (χ0v) is 19.5. The van der Waals surface area contributed by atoms with E-state index in [2.05, 4.69) is 22.1 Å². The minimum Gasteiger partial charge on any atom is -0.256 e. The van der Waals surface area contributed by atoms with Gasteiger partial charge in [0, 0.05) is 34.3 Å². The monoisotopic (exact) mass is 472 g/mol. The number of aromatic nitrogens is 2. The first kappa shape index (κ1) is 21.2. The van der Waals surface area contributed by atoms with Gasteiger partial charge in [-0.15, -0.1) is 0 Å². The number of nitrogens with zero attached hydrogens (tertiary/aromatic N) is 2. The maximum atomic E-state index is 13.3. The van der Waals surface area contributed by atoms with Gasteiger partial charge in [0.1, 0.15) is 0 Å². The van der Waals surface area contributed by atoms with Gasteiger partial charge in [-0.05, 0) is 59.7 Å². The van der Waals surface area contributed by atoms with Crippen LogP contribution in [0.1, 0.15) is 0 Å². The Hall–Kier alpha value is -4.35. The van der Waals surface area contributed by atoms with Crippen LogP contribution in [0.2, 0.25) is 0 Å². The minimum absolute atomic E-state index is 0.259. The Kier molecular flexibility index (Phi) is 5.12. The Balaban J connectivity index is 1.28. The molecule has 0 N–H and O–H groups in total. The summed E-state index contributed by atoms with van der Waals surface area (Å²) in [4.78, 5) is 9.53. The van der Waals surface area contributed by atoms with E-state index >= 15 is 0 Å². The highest BCUT2D eigenvalue weighted by Crippen LogP contribution is 2.29. The number of pyridine rings is 2. The summed E-state index contributed by atoms with van der Waals surface area (Å²) in [6.45, 7) is 0. The molecule has 4 nitrogen and oxygen atoms in total. The maximum Gasteiger partial charge on any atom is 0.206 e. The SMILES string of the molecule is O=S(=O)(c1ccc(-c2cnc3ccccc3c2)cc1)c1ccc(-c2cnc3ccccc3c2)cc1. The van der Waals surface area contributed by atoms with Crippen LogP contribution in [0.3, 0.4) is 0 Å². The third-order valence-electron chi connectivity index (χ3n) is 6.18. The number of benzene rings is 4. The van der Waals surface area contributed by atoms with E-state index in [-0.39, 0.29) is 9.79 Å². The normalized spacial score (nSPS) is 11.7. The molecule has 0 aliphatic rings. The molecule has 5 heteroatoms. The lowest BCUT2D eigenvalue weighted by Crippen LogP contribution is -2.01. The molecule has 0 aliphatic carbocycles. The van der Waals surface area contributed by atoms with Crippen molar-refractivity contribution in [2.24, 2.45) is 0 Å². The lowest BCUT2D eigenvalue weighted by molar-refractivity contribution is 0.596. The van der Waals surface area contributed by atoms with Crippen molar-refractivity contribution < 1.29 is 8.42 Å². The summed E-state index contributed by atoms with van der Waals surface area (Å²) in [5, 5.41) is 2.09. The summed E-state index contributed by atoms with van der Waals surface area (Å²) in [6, 6.07) is 33.9. The quantitative estimate of drug-likeness (QED) is 0.279. The third-order valence-corrected chi connectivity index (χ3v) is 7.96. The molecule has 0 radical (unpaired) electrons. The smallest absolute Gasteiger partial charge is 0.206 e. The Morgan fingerprint density at radius 2 is 0.857 bits per heavy atom. The van der Waals surface area contributed by atoms with E-state index in [0.29, 0.717) is 0 Å². The summed E-state index contributed by atoms with van der Waals surface area (Å²) >= 11 is 0. The number of rotatable bonds is 4. The van der Waals surface area contributed by atoms with Gasteiger partial charge < -0.3 is 0 Å². The minimum atomic E-state index is -3.64. The molecule has 0 unspecified atom stereocenters. The lowest BCUT2D eigenvalue weighted by atomic mass is 10.1. The van der Waals surface area contributed by atoms with Crippen molar-refractivity contribution in [2.45, 2.75) is 9.79 Å². The fourth-order valence-corrected chi connectivity index (χ4v) is 5.51. The topological polar surface area (TPSA) is 59.9 Å². The summed E-state index contributed by atoms with van der Waals surface area (Å²) in [7, 11) is -3.64. The highest BCUT2D eigenvalue weighted by atomic mass is 32.2. The van der Waals surface area contributed by atoms with Gasteiger partial charge in [0.05, 0.1) is 20.8 Å². The van der Waals surface area contributed by atoms with E-state index in [9.17, 15) is 8.42 Å². The van der Waals surface area contributed by atoms with Gasteiger partial charge in [-0.3, -0.25) is 9.97 Å². The first-order valence-corrected chi connectivity index (χ1v) is 12.7. The molecule has 2 aromatic heterocycles. The highest BCUT2D eigenvalue weighted by Gasteiger charge is 2.18. The van der Waals surface area contributed by atoms with Crippen LogP contribution >= 0.6 is 0 Å². The van der Waals surface area contributed by atoms with Crippen molar-refractivity contribution in [1.82, 2.24) is 9.97 Å². The van der Waals surface area contributed by atoms with Gasteiger partial charge in [-0.25, -0.2) is 8.42 Å². The summed E-state index contributed by atoms with van der Waals surface area (Å²) < 4.78 is 26.5. The summed E-state index contributed by atoms with van der Waals surface area (Å²) in [5.74, 6) is 0. The molecule has 6 rings (SSSR count). The molecule has 0 spiro atoms. The largest absolute Gasteiger partial charge is 0.256 e. The van der Waals surface area contributed by atoms with Crippen LogP contribution < -0.4 is 0 Å². The Labute approximate surface area is 203 Å². The molecule has 0 saturated carbocycles. The van der Waals surface area contributed by atoms with E-state index < -0.39 is 9.84 Å². The highest BCUT2D eigenvalue weighted by molar-refractivity contribution is 7.91. The van der Waals surface area contributed by atoms with Crippen LogP contribution in [-0.2, 0) is 9.84 Å². The molecule has 0 atom stereocenters. The molecule has 2 heterocycles. The standard InChI is InChI=1S/C30H20N2O2S/c33-35(34,27-13-9-21(10-14-27)25-17-23-5-1-3-7-29(23)31-19-25)28-15-11-22(12-16-28)26-18-24-6-2-4-8-30(24)32-20-26/h1-20H. The lowest BCUT2D eigenvalue weighted by Gasteiger charge is -2.09. The second-order valence-electron chi connectivity index (χ2n) is 8.39. The Morgan fingerprint density at radius 3 is 1.29 bits per heavy atom. The van der Waals surface area contributed by atoms with Crippen molar-refractivity contribution in [3.63, 3.8) is 0 Å². The first-order chi connectivity index (χ1) is 17.1. The fourth-order valence-electron chi connectivity index (χ4n) is 4.25. The van der Waals surface area contributed by atoms with Gasteiger partial charge in [-0.1, -0.05) is 60.7 Å². The van der Waals surface area contributed by atoms with E-state index in [4.69, 9.17) is 0 Å². The van der Waals surface area contributed by atoms with E-state index in [1.165, 1.54) is 0 Å². The van der Waals surface area contributed by atoms with Crippen LogP contribution in [0.4, 0.5) is 0 Å². The molecule has 35 heavy (non-hydrogen) atoms. The second kappa shape index (κ2) is 8.46. The zero-order valence-electron chi connectivity index (χ0n) is 18.7. The van der Waals surface area contributed by atoms with Gasteiger partial charge in [0.2, 0.25) is 9.84 Å². The van der Waals surface area contributed by atoms with E-state index in [0.717, 1.165) is 44.1 Å². The average molecular weight is 473 g/mol. The number of hydrogen-bond acceptors (Lipinski definition) is 4. The Bertz CT molecular complexity index is 1660. The molecule has 6 aromatic rings. The predicted octanol–water partition coefficient (Wildman–Crippen LogP) is 6.95. The first-order valence-electron chi connectivity index (χ1n) is 11.2. The fraction of sp³-hybridized carbons (Fsp3) is 0. The van der Waals surface area contributed by atoms with Gasteiger partial charge >= 0.3 is 0 Å². The van der Waals surface area contributed by atoms with Crippen LogP contribution in [0.5, 0.6) is 0 Å². The second-order valence-corrected chi connectivity index (χ2v) is 10.3. The van der Waals surface area contributed by atoms with Crippen molar-refractivity contribution in [3.05, 3.63) is 122 Å². The molecule has 168 valence electrons. The molecule has 0 saturated heterocycles. The molecular formula is C30H20N2O2S. The maximum absolute atomic E-state index is 13.3.